The standard InChI is InChI=1S/C5H8O4/c1-5(2-6)3-8-9-4(5)7/h6H,2-3H2,1H3. The number of hydrogen-bond acceptors (Lipinski definition) is 4. The third-order valence-corrected chi connectivity index (χ3v) is 1.35. The lowest BCUT2D eigenvalue weighted by Crippen LogP contribution is -2.29. The molecule has 1 heterocycles. The van der Waals surface area contributed by atoms with Crippen molar-refractivity contribution in [2.24, 2.45) is 5.41 Å². The highest BCUT2D eigenvalue weighted by molar-refractivity contribution is 5.77. The number of aliphatic hydroxyl groups excluding tert-OH is 1. The van der Waals surface area contributed by atoms with Crippen LogP contribution in [0.3, 0.4) is 0 Å². The van der Waals surface area contributed by atoms with Crippen molar-refractivity contribution in [3.63, 3.8) is 0 Å². The van der Waals surface area contributed by atoms with Gasteiger partial charge < -0.3 is 5.11 Å². The van der Waals surface area contributed by atoms with Gasteiger partial charge in [0, 0.05) is 0 Å². The fraction of sp³-hybridized carbons (Fsp3) is 0.800. The molecule has 1 N–H and O–H groups in total. The maximum Gasteiger partial charge on any atom is 0.352 e. The minimum Gasteiger partial charge on any atom is -0.395 e. The van der Waals surface area contributed by atoms with Crippen LogP contribution in [-0.4, -0.2) is 24.3 Å². The third-order valence-electron chi connectivity index (χ3n) is 1.35. The molecule has 1 saturated heterocycles. The fourth-order valence-electron chi connectivity index (χ4n) is 0.483. The molecule has 9 heavy (non-hydrogen) atoms. The molecule has 0 saturated carbocycles. The van der Waals surface area contributed by atoms with E-state index in [-0.39, 0.29) is 13.2 Å². The molecular formula is C5H8O4. The highest BCUT2D eigenvalue weighted by Crippen LogP contribution is 2.23. The predicted molar refractivity (Wildman–Crippen MR) is 27.2 cm³/mol. The summed E-state index contributed by atoms with van der Waals surface area (Å²) >= 11 is 0. The molecule has 1 unspecified atom stereocenters. The summed E-state index contributed by atoms with van der Waals surface area (Å²) in [5.74, 6) is -0.495. The first kappa shape index (κ1) is 6.51. The SMILES string of the molecule is CC1(CO)COOC1=O. The quantitative estimate of drug-likeness (QED) is 0.487. The van der Waals surface area contributed by atoms with E-state index < -0.39 is 11.4 Å². The molecule has 0 aromatic rings. The molecule has 1 fully saturated rings. The largest absolute Gasteiger partial charge is 0.395 e. The minimum atomic E-state index is -0.833. The van der Waals surface area contributed by atoms with Crippen molar-refractivity contribution in [2.45, 2.75) is 6.92 Å². The molecule has 52 valence electrons. The van der Waals surface area contributed by atoms with Crippen molar-refractivity contribution in [1.82, 2.24) is 0 Å². The number of hydrogen-bond donors (Lipinski definition) is 1. The first-order valence-electron chi connectivity index (χ1n) is 2.64. The number of carbonyl (C=O) groups excluding carboxylic acids is 1. The second-order valence-corrected chi connectivity index (χ2v) is 2.35. The van der Waals surface area contributed by atoms with Gasteiger partial charge in [-0.3, -0.25) is 4.89 Å². The Bertz CT molecular complexity index is 133. The first-order chi connectivity index (χ1) is 4.19. The Labute approximate surface area is 52.3 Å². The van der Waals surface area contributed by atoms with Crippen LogP contribution in [0.2, 0.25) is 0 Å². The number of rotatable bonds is 1. The van der Waals surface area contributed by atoms with Crippen LogP contribution in [0, 0.1) is 5.41 Å². The molecule has 4 nitrogen and oxygen atoms in total. The van der Waals surface area contributed by atoms with Crippen LogP contribution >= 0.6 is 0 Å². The summed E-state index contributed by atoms with van der Waals surface area (Å²) in [6, 6.07) is 0. The molecule has 4 heteroatoms. The molecule has 0 radical (unpaired) electrons. The average molecular weight is 132 g/mol. The summed E-state index contributed by atoms with van der Waals surface area (Å²) in [4.78, 5) is 19.1. The lowest BCUT2D eigenvalue weighted by atomic mass is 9.94. The van der Waals surface area contributed by atoms with Gasteiger partial charge in [-0.05, 0) is 6.92 Å². The van der Waals surface area contributed by atoms with Gasteiger partial charge in [-0.15, -0.1) is 0 Å². The van der Waals surface area contributed by atoms with Crippen LogP contribution in [-0.2, 0) is 14.6 Å². The van der Waals surface area contributed by atoms with Gasteiger partial charge in [0.05, 0.1) is 6.61 Å². The molecule has 1 aliphatic heterocycles. The molecule has 0 aliphatic carbocycles. The Morgan fingerprint density at radius 3 is 2.78 bits per heavy atom. The fourth-order valence-corrected chi connectivity index (χ4v) is 0.483. The topological polar surface area (TPSA) is 55.8 Å². The maximum absolute atomic E-state index is 10.6. The van der Waals surface area contributed by atoms with Gasteiger partial charge in [0.2, 0.25) is 0 Å². The van der Waals surface area contributed by atoms with Gasteiger partial charge >= 0.3 is 5.97 Å². The van der Waals surface area contributed by atoms with Crippen LogP contribution in [0.5, 0.6) is 0 Å². The molecule has 0 aromatic heterocycles. The molecular weight excluding hydrogens is 124 g/mol. The zero-order valence-corrected chi connectivity index (χ0v) is 5.09. The van der Waals surface area contributed by atoms with Crippen molar-refractivity contribution in [2.75, 3.05) is 13.2 Å². The van der Waals surface area contributed by atoms with Crippen LogP contribution in [0.25, 0.3) is 0 Å². The van der Waals surface area contributed by atoms with Crippen molar-refractivity contribution >= 4 is 5.97 Å². The lowest BCUT2D eigenvalue weighted by Gasteiger charge is -2.09. The van der Waals surface area contributed by atoms with E-state index in [9.17, 15) is 4.79 Å². The zero-order valence-electron chi connectivity index (χ0n) is 5.09. The van der Waals surface area contributed by atoms with E-state index in [0.29, 0.717) is 0 Å². The predicted octanol–water partition coefficient (Wildman–Crippen LogP) is -0.527. The Morgan fingerprint density at radius 1 is 1.89 bits per heavy atom. The van der Waals surface area contributed by atoms with Gasteiger partial charge in [0.15, 0.2) is 0 Å². The van der Waals surface area contributed by atoms with E-state index >= 15 is 0 Å². The van der Waals surface area contributed by atoms with Gasteiger partial charge in [-0.1, -0.05) is 0 Å². The average Bonchev–Trinajstić information content (AvgIpc) is 2.15. The van der Waals surface area contributed by atoms with E-state index in [1.807, 2.05) is 0 Å². The highest BCUT2D eigenvalue weighted by Gasteiger charge is 2.41. The molecule has 0 amide bonds. The molecule has 0 bridgehead atoms. The second-order valence-electron chi connectivity index (χ2n) is 2.35. The molecule has 0 aromatic carbocycles. The minimum absolute atomic E-state index is 0.141. The highest BCUT2D eigenvalue weighted by atomic mass is 17.2. The van der Waals surface area contributed by atoms with Gasteiger partial charge in [-0.2, -0.15) is 4.89 Å². The number of aliphatic hydroxyl groups is 1. The summed E-state index contributed by atoms with van der Waals surface area (Å²) in [7, 11) is 0. The number of carbonyl (C=O) groups is 1. The maximum atomic E-state index is 10.6. The normalized spacial score (nSPS) is 34.7. The van der Waals surface area contributed by atoms with Crippen LogP contribution < -0.4 is 0 Å². The van der Waals surface area contributed by atoms with Crippen LogP contribution in [0.1, 0.15) is 6.92 Å². The van der Waals surface area contributed by atoms with Crippen LogP contribution in [0.4, 0.5) is 0 Å². The first-order valence-corrected chi connectivity index (χ1v) is 2.64. The Morgan fingerprint density at radius 2 is 2.56 bits per heavy atom. The zero-order chi connectivity index (χ0) is 6.91. The Hall–Kier alpha value is -0.610. The smallest absolute Gasteiger partial charge is 0.352 e. The van der Waals surface area contributed by atoms with E-state index in [2.05, 4.69) is 9.78 Å². The summed E-state index contributed by atoms with van der Waals surface area (Å²) in [6.45, 7) is 1.50. The van der Waals surface area contributed by atoms with Crippen molar-refractivity contribution in [3.8, 4) is 0 Å². The van der Waals surface area contributed by atoms with Gasteiger partial charge in [0.1, 0.15) is 12.0 Å². The second kappa shape index (κ2) is 1.97. The molecule has 0 spiro atoms. The molecule has 1 atom stereocenters. The third kappa shape index (κ3) is 0.906. The van der Waals surface area contributed by atoms with E-state index in [1.165, 1.54) is 0 Å². The van der Waals surface area contributed by atoms with E-state index in [4.69, 9.17) is 5.11 Å². The van der Waals surface area contributed by atoms with Gasteiger partial charge in [0.25, 0.3) is 0 Å². The van der Waals surface area contributed by atoms with Gasteiger partial charge in [-0.25, -0.2) is 4.79 Å². The summed E-state index contributed by atoms with van der Waals surface area (Å²) in [5, 5.41) is 8.61. The molecule has 1 aliphatic rings. The summed E-state index contributed by atoms with van der Waals surface area (Å²) in [6.07, 6.45) is 0. The van der Waals surface area contributed by atoms with Crippen molar-refractivity contribution in [3.05, 3.63) is 0 Å². The van der Waals surface area contributed by atoms with Crippen LogP contribution in [0.15, 0.2) is 0 Å². The summed E-state index contributed by atoms with van der Waals surface area (Å²) < 4.78 is 0. The van der Waals surface area contributed by atoms with E-state index in [1.54, 1.807) is 6.92 Å². The van der Waals surface area contributed by atoms with Crippen molar-refractivity contribution in [1.29, 1.82) is 0 Å². The van der Waals surface area contributed by atoms with E-state index in [0.717, 1.165) is 0 Å². The lowest BCUT2D eigenvalue weighted by molar-refractivity contribution is -0.240. The summed E-state index contributed by atoms with van der Waals surface area (Å²) in [5.41, 5.74) is -0.833. The molecule has 1 rings (SSSR count). The monoisotopic (exact) mass is 132 g/mol. The Balaban J connectivity index is 2.67. The van der Waals surface area contributed by atoms with Crippen molar-refractivity contribution < 1.29 is 19.7 Å². The Kier molecular flexibility index (Phi) is 1.42.